The van der Waals surface area contributed by atoms with Crippen LogP contribution in [0.4, 0.5) is 0 Å². The normalized spacial score (nSPS) is 15.9. The SMILES string of the molecule is C=C/C(=C\C(=C/C)N1CCCCC1)CCC(=O)OC.CC. The van der Waals surface area contributed by atoms with Crippen molar-refractivity contribution < 1.29 is 9.53 Å². The minimum Gasteiger partial charge on any atom is -0.469 e. The molecule has 1 fully saturated rings. The molecule has 0 unspecified atom stereocenters. The molecule has 0 aromatic heterocycles. The van der Waals surface area contributed by atoms with Crippen molar-refractivity contribution in [1.29, 1.82) is 0 Å². The van der Waals surface area contributed by atoms with E-state index in [1.807, 2.05) is 19.9 Å². The smallest absolute Gasteiger partial charge is 0.305 e. The fraction of sp³-hybridized carbons (Fsp3) is 0.611. The van der Waals surface area contributed by atoms with Crippen LogP contribution in [0.1, 0.15) is 52.9 Å². The van der Waals surface area contributed by atoms with Gasteiger partial charge in [-0.05, 0) is 44.3 Å². The lowest BCUT2D eigenvalue weighted by atomic mass is 10.1. The molecule has 120 valence electrons. The summed E-state index contributed by atoms with van der Waals surface area (Å²) in [6.07, 6.45) is 11.0. The Hall–Kier alpha value is -1.51. The van der Waals surface area contributed by atoms with Gasteiger partial charge in [0.05, 0.1) is 7.11 Å². The first-order chi connectivity index (χ1) is 10.2. The van der Waals surface area contributed by atoms with Gasteiger partial charge in [-0.2, -0.15) is 0 Å². The summed E-state index contributed by atoms with van der Waals surface area (Å²) in [4.78, 5) is 13.6. The number of carbonyl (C=O) groups is 1. The maximum absolute atomic E-state index is 11.2. The number of likely N-dealkylation sites (tertiary alicyclic amines) is 1. The van der Waals surface area contributed by atoms with Crippen molar-refractivity contribution in [2.24, 2.45) is 0 Å². The molecule has 0 aromatic carbocycles. The molecule has 1 rings (SSSR count). The molecular weight excluding hydrogens is 262 g/mol. The molecule has 0 amide bonds. The largest absolute Gasteiger partial charge is 0.469 e. The van der Waals surface area contributed by atoms with Crippen molar-refractivity contribution in [3.63, 3.8) is 0 Å². The Bertz CT molecular complexity index is 363. The molecule has 3 heteroatoms. The van der Waals surface area contributed by atoms with Crippen LogP contribution in [0.25, 0.3) is 0 Å². The molecule has 0 atom stereocenters. The van der Waals surface area contributed by atoms with Crippen molar-refractivity contribution in [3.05, 3.63) is 36.1 Å². The number of hydrogen-bond acceptors (Lipinski definition) is 3. The second-order valence-corrected chi connectivity index (χ2v) is 4.76. The van der Waals surface area contributed by atoms with Crippen LogP contribution in [0.2, 0.25) is 0 Å². The molecule has 1 saturated heterocycles. The Labute approximate surface area is 130 Å². The average Bonchev–Trinajstić information content (AvgIpc) is 2.57. The monoisotopic (exact) mass is 293 g/mol. The zero-order valence-electron chi connectivity index (χ0n) is 14.2. The van der Waals surface area contributed by atoms with E-state index in [1.165, 1.54) is 32.1 Å². The van der Waals surface area contributed by atoms with Gasteiger partial charge in [0, 0.05) is 25.2 Å². The number of nitrogens with zero attached hydrogens (tertiary/aromatic N) is 1. The van der Waals surface area contributed by atoms with E-state index < -0.39 is 0 Å². The van der Waals surface area contributed by atoms with Gasteiger partial charge in [0.1, 0.15) is 0 Å². The highest BCUT2D eigenvalue weighted by Crippen LogP contribution is 2.18. The fourth-order valence-electron chi connectivity index (χ4n) is 2.28. The Morgan fingerprint density at radius 2 is 1.81 bits per heavy atom. The van der Waals surface area contributed by atoms with Crippen LogP contribution in [-0.2, 0) is 9.53 Å². The van der Waals surface area contributed by atoms with E-state index in [4.69, 9.17) is 0 Å². The highest BCUT2D eigenvalue weighted by atomic mass is 16.5. The van der Waals surface area contributed by atoms with Crippen molar-refractivity contribution in [3.8, 4) is 0 Å². The van der Waals surface area contributed by atoms with Crippen molar-refractivity contribution in [2.75, 3.05) is 20.2 Å². The van der Waals surface area contributed by atoms with E-state index in [0.717, 1.165) is 18.7 Å². The van der Waals surface area contributed by atoms with Crippen LogP contribution in [0.15, 0.2) is 36.1 Å². The van der Waals surface area contributed by atoms with Crippen molar-refractivity contribution in [2.45, 2.75) is 52.9 Å². The maximum atomic E-state index is 11.2. The number of esters is 1. The molecule has 0 spiro atoms. The summed E-state index contributed by atoms with van der Waals surface area (Å²) in [5.41, 5.74) is 2.32. The van der Waals surface area contributed by atoms with Gasteiger partial charge in [0.15, 0.2) is 0 Å². The number of rotatable bonds is 6. The summed E-state index contributed by atoms with van der Waals surface area (Å²) in [5.74, 6) is -0.173. The minimum absolute atomic E-state index is 0.173. The fourth-order valence-corrected chi connectivity index (χ4v) is 2.28. The third kappa shape index (κ3) is 7.74. The Balaban J connectivity index is 0.00000191. The van der Waals surface area contributed by atoms with Gasteiger partial charge in [-0.3, -0.25) is 4.79 Å². The Kier molecular flexibility index (Phi) is 11.4. The van der Waals surface area contributed by atoms with Gasteiger partial charge in [-0.25, -0.2) is 0 Å². The molecule has 1 aliphatic rings. The van der Waals surface area contributed by atoms with Gasteiger partial charge in [0.25, 0.3) is 0 Å². The number of hydrogen-bond donors (Lipinski definition) is 0. The van der Waals surface area contributed by atoms with E-state index >= 15 is 0 Å². The summed E-state index contributed by atoms with van der Waals surface area (Å²) in [6, 6.07) is 0. The summed E-state index contributed by atoms with van der Waals surface area (Å²) in [6.45, 7) is 12.1. The zero-order valence-corrected chi connectivity index (χ0v) is 14.2. The molecular formula is C18H31NO2. The highest BCUT2D eigenvalue weighted by Gasteiger charge is 2.11. The first-order valence-corrected chi connectivity index (χ1v) is 8.02. The first kappa shape index (κ1) is 19.5. The Morgan fingerprint density at radius 1 is 1.19 bits per heavy atom. The summed E-state index contributed by atoms with van der Waals surface area (Å²) >= 11 is 0. The lowest BCUT2D eigenvalue weighted by molar-refractivity contribution is -0.140. The quantitative estimate of drug-likeness (QED) is 0.534. The van der Waals surface area contributed by atoms with Gasteiger partial charge in [0.2, 0.25) is 0 Å². The standard InChI is InChI=1S/C16H25NO2.C2H6/c1-4-14(9-10-16(18)19-3)13-15(5-2)17-11-7-6-8-12-17;1-2/h4-5,13H,1,6-12H2,2-3H3;1-2H3/b14-13+,15-5+;. The van der Waals surface area contributed by atoms with Crippen LogP contribution in [0.3, 0.4) is 0 Å². The molecule has 21 heavy (non-hydrogen) atoms. The van der Waals surface area contributed by atoms with Crippen LogP contribution in [0, 0.1) is 0 Å². The lowest BCUT2D eigenvalue weighted by Crippen LogP contribution is -2.28. The molecule has 0 aromatic rings. The Morgan fingerprint density at radius 3 is 2.29 bits per heavy atom. The molecule has 0 aliphatic carbocycles. The van der Waals surface area contributed by atoms with E-state index in [0.29, 0.717) is 12.8 Å². The first-order valence-electron chi connectivity index (χ1n) is 8.02. The van der Waals surface area contributed by atoms with Crippen molar-refractivity contribution >= 4 is 5.97 Å². The molecule has 1 aliphatic heterocycles. The van der Waals surface area contributed by atoms with E-state index in [-0.39, 0.29) is 5.97 Å². The molecule has 0 bridgehead atoms. The highest BCUT2D eigenvalue weighted by molar-refractivity contribution is 5.69. The zero-order chi connectivity index (χ0) is 16.1. The van der Waals surface area contributed by atoms with Crippen LogP contribution in [-0.4, -0.2) is 31.1 Å². The second-order valence-electron chi connectivity index (χ2n) is 4.76. The number of carbonyl (C=O) groups excluding carboxylic acids is 1. The van der Waals surface area contributed by atoms with Crippen LogP contribution in [0.5, 0.6) is 0 Å². The van der Waals surface area contributed by atoms with Gasteiger partial charge >= 0.3 is 5.97 Å². The second kappa shape index (κ2) is 12.2. The third-order valence-corrected chi connectivity index (χ3v) is 3.46. The number of methoxy groups -OCH3 is 1. The molecule has 0 radical (unpaired) electrons. The van der Waals surface area contributed by atoms with Crippen LogP contribution < -0.4 is 0 Å². The van der Waals surface area contributed by atoms with Gasteiger partial charge in [-0.15, -0.1) is 0 Å². The summed E-state index contributed by atoms with van der Waals surface area (Å²) in [7, 11) is 1.42. The number of piperidine rings is 1. The predicted octanol–water partition coefficient (Wildman–Crippen LogP) is 4.47. The van der Waals surface area contributed by atoms with E-state index in [2.05, 4.69) is 35.3 Å². The van der Waals surface area contributed by atoms with Crippen LogP contribution >= 0.6 is 0 Å². The molecule has 3 nitrogen and oxygen atoms in total. The minimum atomic E-state index is -0.173. The topological polar surface area (TPSA) is 29.5 Å². The predicted molar refractivity (Wildman–Crippen MR) is 90.1 cm³/mol. The maximum Gasteiger partial charge on any atom is 0.305 e. The summed E-state index contributed by atoms with van der Waals surface area (Å²) < 4.78 is 4.67. The average molecular weight is 293 g/mol. The number of allylic oxidation sites excluding steroid dienone is 4. The third-order valence-electron chi connectivity index (χ3n) is 3.46. The van der Waals surface area contributed by atoms with Gasteiger partial charge < -0.3 is 9.64 Å². The molecule has 0 N–H and O–H groups in total. The van der Waals surface area contributed by atoms with E-state index in [1.54, 1.807) is 0 Å². The molecule has 1 heterocycles. The number of ether oxygens (including phenoxy) is 1. The summed E-state index contributed by atoms with van der Waals surface area (Å²) in [5, 5.41) is 0. The van der Waals surface area contributed by atoms with Gasteiger partial charge in [-0.1, -0.05) is 32.6 Å². The lowest BCUT2D eigenvalue weighted by Gasteiger charge is -2.30. The molecule has 0 saturated carbocycles. The van der Waals surface area contributed by atoms with E-state index in [9.17, 15) is 4.79 Å². The van der Waals surface area contributed by atoms with Crippen molar-refractivity contribution in [1.82, 2.24) is 4.90 Å².